The molecule has 4 aromatic rings. The highest BCUT2D eigenvalue weighted by Gasteiger charge is 2.41. The van der Waals surface area contributed by atoms with Crippen molar-refractivity contribution in [3.63, 3.8) is 0 Å². The third-order valence-corrected chi connectivity index (χ3v) is 14.5. The topological polar surface area (TPSA) is 183 Å². The van der Waals surface area contributed by atoms with Gasteiger partial charge in [0, 0.05) is 78.8 Å². The third kappa shape index (κ3) is 9.85. The number of phenols is 1. The quantitative estimate of drug-likeness (QED) is 0.170. The number of hydrogen-bond donors (Lipinski definition) is 3. The Balaban J connectivity index is 1.29. The van der Waals surface area contributed by atoms with Crippen LogP contribution in [-0.4, -0.2) is 112 Å². The summed E-state index contributed by atoms with van der Waals surface area (Å²) < 4.78 is 34.6. The zero-order valence-corrected chi connectivity index (χ0v) is 39.4. The number of rotatable bonds is 10. The monoisotopic (exact) mass is 909 g/mol. The number of carbonyl (C=O) groups excluding carboxylic acids is 4. The van der Waals surface area contributed by atoms with Crippen molar-refractivity contribution >= 4 is 44.6 Å². The first kappa shape index (κ1) is 47.4. The molecule has 6 bridgehead atoms. The first-order valence-electron chi connectivity index (χ1n) is 22.7. The Bertz CT molecular complexity index is 2610. The summed E-state index contributed by atoms with van der Waals surface area (Å²) in [4.78, 5) is 63.1. The second kappa shape index (κ2) is 19.1. The van der Waals surface area contributed by atoms with Crippen molar-refractivity contribution in [2.75, 3.05) is 33.3 Å². The van der Waals surface area contributed by atoms with E-state index < -0.39 is 63.2 Å². The molecule has 348 valence electrons. The van der Waals surface area contributed by atoms with E-state index in [2.05, 4.69) is 67.8 Å². The Labute approximate surface area is 382 Å². The van der Waals surface area contributed by atoms with Crippen LogP contribution in [0.3, 0.4) is 0 Å². The lowest BCUT2D eigenvalue weighted by Gasteiger charge is -2.37. The molecule has 15 nitrogen and oxygen atoms in total. The number of ether oxygens (including phenoxy) is 1. The summed E-state index contributed by atoms with van der Waals surface area (Å²) in [5.74, 6) is -3.03. The number of pyridine rings is 1. The number of sulfonamides is 1. The first-order chi connectivity index (χ1) is 30.9. The lowest BCUT2D eigenvalue weighted by molar-refractivity contribution is -0.155. The predicted octanol–water partition coefficient (Wildman–Crippen LogP) is 5.58. The van der Waals surface area contributed by atoms with Crippen molar-refractivity contribution in [3.05, 3.63) is 83.5 Å². The van der Waals surface area contributed by atoms with Gasteiger partial charge in [0.15, 0.2) is 0 Å². The van der Waals surface area contributed by atoms with Crippen LogP contribution in [0.1, 0.15) is 77.6 Å². The molecule has 3 aliphatic heterocycles. The van der Waals surface area contributed by atoms with E-state index in [-0.39, 0.29) is 50.7 Å². The van der Waals surface area contributed by atoms with Crippen LogP contribution in [-0.2, 0) is 59.7 Å². The van der Waals surface area contributed by atoms with Gasteiger partial charge < -0.3 is 24.6 Å². The highest BCUT2D eigenvalue weighted by Crippen LogP contribution is 2.41. The molecule has 3 aliphatic rings. The summed E-state index contributed by atoms with van der Waals surface area (Å²) in [5.41, 5.74) is 9.92. The van der Waals surface area contributed by atoms with E-state index in [1.807, 2.05) is 24.4 Å². The van der Waals surface area contributed by atoms with Gasteiger partial charge in [-0.1, -0.05) is 53.3 Å². The van der Waals surface area contributed by atoms with Gasteiger partial charge in [0.05, 0.1) is 18.2 Å². The average molecular weight is 910 g/mol. The minimum absolute atomic E-state index is 0.0194. The Morgan fingerprint density at radius 3 is 2.57 bits per heavy atom. The van der Waals surface area contributed by atoms with Gasteiger partial charge >= 0.3 is 5.97 Å². The smallest absolute Gasteiger partial charge is 0.324 e. The fourth-order valence-electron chi connectivity index (χ4n) is 9.82. The molecular weight excluding hydrogens is 847 g/mol. The maximum atomic E-state index is 14.7. The van der Waals surface area contributed by atoms with Gasteiger partial charge in [-0.05, 0) is 104 Å². The largest absolute Gasteiger partial charge is 0.508 e. The Morgan fingerprint density at radius 2 is 1.86 bits per heavy atom. The molecule has 3 N–H and O–H groups in total. The summed E-state index contributed by atoms with van der Waals surface area (Å²) in [5, 5.41) is 17.5. The van der Waals surface area contributed by atoms with Gasteiger partial charge in [0.1, 0.15) is 23.9 Å². The molecule has 2 saturated heterocycles. The van der Waals surface area contributed by atoms with E-state index in [1.54, 1.807) is 26.0 Å². The van der Waals surface area contributed by atoms with E-state index in [1.165, 1.54) is 21.3 Å². The lowest BCUT2D eigenvalue weighted by Crippen LogP contribution is -2.62. The number of cyclic esters (lactones) is 1. The molecule has 4 atom stereocenters. The molecular formula is C49H63N7O8S. The van der Waals surface area contributed by atoms with E-state index in [4.69, 9.17) is 9.72 Å². The summed E-state index contributed by atoms with van der Waals surface area (Å²) in [6, 6.07) is 12.5. The standard InChI is InChI=1S/C49H63N7O8S/c1-9-39-36(14-12-19-50-39)44-38-27-49(6,7)29-64-48(61)40-15-13-20-56(52-40)47(60)41(24-31-22-34(25-35(57)23-31)32-16-17-42(37(38)26-32)55(44)10-2)51-45(58)43(30(4)5)53(8)46(59)33-18-21-54(28-33)65(62,63)11-3/h11-12,14,16-17,19,22-23,25-26,30,33,40-41,43,52,57H,3,9-10,13,15,18,20-21,24,27-29H2,1-2,4-8H3,(H,51,58)/t33-,40-,41-,43-/m0/s1. The Hall–Kier alpha value is -5.58. The number of fused-ring (bicyclic) bond motifs is 6. The molecule has 5 heterocycles. The van der Waals surface area contributed by atoms with Crippen LogP contribution < -0.4 is 10.7 Å². The van der Waals surface area contributed by atoms with Crippen molar-refractivity contribution in [2.45, 2.75) is 105 Å². The summed E-state index contributed by atoms with van der Waals surface area (Å²) in [6.45, 7) is 16.6. The number of aryl methyl sites for hydroxylation is 2. The Morgan fingerprint density at radius 1 is 1.09 bits per heavy atom. The number of nitrogens with zero attached hydrogens (tertiary/aromatic N) is 5. The lowest BCUT2D eigenvalue weighted by atomic mass is 9.84. The van der Waals surface area contributed by atoms with Gasteiger partial charge in [-0.2, -0.15) is 4.31 Å². The SMILES string of the molecule is C=CS(=O)(=O)N1CC[C@H](C(=O)N(C)[C@H](C(=O)N[C@H]2Cc3cc(O)cc(c3)-c3ccc4c(c3)c(c(-c3cccnc3CC)n4CC)CC(C)(C)COC(=O)[C@@H]3CCCN(N3)C2=O)C(C)C)C1. The van der Waals surface area contributed by atoms with Crippen LogP contribution in [0.5, 0.6) is 5.75 Å². The van der Waals surface area contributed by atoms with E-state index in [0.717, 1.165) is 50.8 Å². The maximum absolute atomic E-state index is 14.7. The molecule has 3 amide bonds. The highest BCUT2D eigenvalue weighted by atomic mass is 32.2. The number of esters is 1. The number of amides is 3. The fourth-order valence-corrected chi connectivity index (χ4v) is 10.8. The van der Waals surface area contributed by atoms with Crippen LogP contribution in [0.4, 0.5) is 0 Å². The van der Waals surface area contributed by atoms with Gasteiger partial charge in [-0.25, -0.2) is 13.8 Å². The number of nitrogens with one attached hydrogen (secondary N) is 2. The zero-order chi connectivity index (χ0) is 47.0. The number of likely N-dealkylation sites (N-methyl/N-ethyl adjacent to an activating group) is 1. The number of hydrazine groups is 1. The Kier molecular flexibility index (Phi) is 13.9. The van der Waals surface area contributed by atoms with Gasteiger partial charge in [0.2, 0.25) is 21.8 Å². The fraction of sp³-hybridized carbons (Fsp3) is 0.490. The molecule has 2 aromatic heterocycles. The molecule has 65 heavy (non-hydrogen) atoms. The van der Waals surface area contributed by atoms with Crippen LogP contribution in [0, 0.1) is 17.3 Å². The van der Waals surface area contributed by atoms with Crippen molar-refractivity contribution in [3.8, 4) is 28.1 Å². The molecule has 0 spiro atoms. The molecule has 0 saturated carbocycles. The summed E-state index contributed by atoms with van der Waals surface area (Å²) in [7, 11) is -2.20. The van der Waals surface area contributed by atoms with Crippen molar-refractivity contribution in [2.24, 2.45) is 17.3 Å². The molecule has 0 unspecified atom stereocenters. The molecule has 2 fully saturated rings. The zero-order valence-electron chi connectivity index (χ0n) is 38.6. The number of benzene rings is 2. The summed E-state index contributed by atoms with van der Waals surface area (Å²) in [6.07, 6.45) is 4.32. The first-order valence-corrected chi connectivity index (χ1v) is 24.2. The van der Waals surface area contributed by atoms with Gasteiger partial charge in [-0.15, -0.1) is 0 Å². The minimum Gasteiger partial charge on any atom is -0.508 e. The summed E-state index contributed by atoms with van der Waals surface area (Å²) >= 11 is 0. The van der Waals surface area contributed by atoms with Crippen molar-refractivity contribution in [1.29, 1.82) is 0 Å². The minimum atomic E-state index is -3.73. The predicted molar refractivity (Wildman–Crippen MR) is 249 cm³/mol. The number of phenolic OH excluding ortho intramolecular Hbond substituents is 1. The van der Waals surface area contributed by atoms with E-state index >= 15 is 0 Å². The van der Waals surface area contributed by atoms with Crippen LogP contribution in [0.2, 0.25) is 0 Å². The van der Waals surface area contributed by atoms with Crippen LogP contribution in [0.25, 0.3) is 33.3 Å². The van der Waals surface area contributed by atoms with Crippen LogP contribution >= 0.6 is 0 Å². The third-order valence-electron chi connectivity index (χ3n) is 13.1. The number of carbonyl (C=O) groups is 4. The van der Waals surface area contributed by atoms with E-state index in [0.29, 0.717) is 36.9 Å². The molecule has 16 heteroatoms. The normalized spacial score (nSPS) is 21.2. The van der Waals surface area contributed by atoms with Gasteiger partial charge in [-0.3, -0.25) is 29.2 Å². The van der Waals surface area contributed by atoms with Crippen molar-refractivity contribution < 1.29 is 37.4 Å². The molecule has 2 aromatic carbocycles. The highest BCUT2D eigenvalue weighted by molar-refractivity contribution is 7.92. The molecule has 0 radical (unpaired) electrons. The van der Waals surface area contributed by atoms with Crippen LogP contribution in [0.15, 0.2) is 66.7 Å². The second-order valence-corrected chi connectivity index (χ2v) is 20.6. The average Bonchev–Trinajstić information content (AvgIpc) is 3.90. The molecule has 0 aliphatic carbocycles. The molecule has 7 rings (SSSR count). The maximum Gasteiger partial charge on any atom is 0.324 e. The number of aromatic nitrogens is 2. The number of hydrogen-bond acceptors (Lipinski definition) is 10. The second-order valence-electron chi connectivity index (χ2n) is 18.8. The number of aromatic hydroxyl groups is 1. The van der Waals surface area contributed by atoms with Crippen molar-refractivity contribution in [1.82, 2.24) is 34.5 Å². The van der Waals surface area contributed by atoms with E-state index in [9.17, 15) is 32.7 Å². The van der Waals surface area contributed by atoms with Gasteiger partial charge in [0.25, 0.3) is 5.91 Å².